The Morgan fingerprint density at radius 3 is 2.33 bits per heavy atom. The molecule has 0 aromatic heterocycles. The van der Waals surface area contributed by atoms with Crippen LogP contribution in [0.15, 0.2) is 30.3 Å². The molecule has 0 aliphatic heterocycles. The molecule has 1 unspecified atom stereocenters. The topological polar surface area (TPSA) is 52.7 Å². The van der Waals surface area contributed by atoms with Crippen molar-refractivity contribution in [3.63, 3.8) is 0 Å². The third kappa shape index (κ3) is 4.29. The van der Waals surface area contributed by atoms with Crippen LogP contribution in [-0.4, -0.2) is 43.4 Å². The molecule has 0 aliphatic carbocycles. The number of para-hydroxylation sites is 1. The summed E-state index contributed by atoms with van der Waals surface area (Å²) in [6, 6.07) is 9.96. The van der Waals surface area contributed by atoms with Crippen molar-refractivity contribution < 1.29 is 5.11 Å². The van der Waals surface area contributed by atoms with Gasteiger partial charge in [0, 0.05) is 32.9 Å². The average molecular weight is 209 g/mol. The number of anilines is 1. The van der Waals surface area contributed by atoms with Crippen LogP contribution in [0.2, 0.25) is 0 Å². The number of nitrogens with two attached hydrogens (primary N) is 1. The quantitative estimate of drug-likeness (QED) is 0.540. The van der Waals surface area contributed by atoms with Crippen molar-refractivity contribution in [2.75, 3.05) is 32.1 Å². The molecule has 0 amide bonds. The van der Waals surface area contributed by atoms with Crippen LogP contribution in [0.4, 0.5) is 5.69 Å². The van der Waals surface area contributed by atoms with Gasteiger partial charge in [0.25, 0.3) is 0 Å². The van der Waals surface area contributed by atoms with E-state index in [2.05, 4.69) is 0 Å². The predicted octanol–water partition coefficient (Wildman–Crippen LogP) is 0.289. The molecule has 0 bridgehead atoms. The number of likely N-dealkylation sites (N-methyl/N-ethyl adjacent to an activating group) is 2. The average Bonchev–Trinajstić information content (AvgIpc) is 2.17. The molecule has 15 heavy (non-hydrogen) atoms. The summed E-state index contributed by atoms with van der Waals surface area (Å²) in [6.07, 6.45) is -0.440. The van der Waals surface area contributed by atoms with Gasteiger partial charge in [0.05, 0.1) is 6.10 Å². The van der Waals surface area contributed by atoms with Crippen LogP contribution in [-0.2, 0) is 0 Å². The molecule has 1 aromatic rings. The van der Waals surface area contributed by atoms with Gasteiger partial charge < -0.3 is 10.0 Å². The monoisotopic (exact) mass is 209 g/mol. The minimum absolute atomic E-state index is 0.440. The number of hydrazine groups is 1. The summed E-state index contributed by atoms with van der Waals surface area (Å²) in [5.41, 5.74) is 1.09. The molecule has 0 fully saturated rings. The third-order valence-electron chi connectivity index (χ3n) is 2.18. The first-order valence-electron chi connectivity index (χ1n) is 4.99. The van der Waals surface area contributed by atoms with Crippen LogP contribution in [0.25, 0.3) is 0 Å². The zero-order valence-corrected chi connectivity index (χ0v) is 9.30. The van der Waals surface area contributed by atoms with Gasteiger partial charge in [-0.15, -0.1) is 0 Å². The SMILES string of the molecule is CN(N)CC(O)CN(C)c1ccccc1. The molecular weight excluding hydrogens is 190 g/mol. The van der Waals surface area contributed by atoms with E-state index < -0.39 is 6.10 Å². The molecule has 0 radical (unpaired) electrons. The van der Waals surface area contributed by atoms with Crippen molar-refractivity contribution >= 4 is 5.69 Å². The van der Waals surface area contributed by atoms with Gasteiger partial charge >= 0.3 is 0 Å². The summed E-state index contributed by atoms with van der Waals surface area (Å²) in [7, 11) is 3.70. The first-order chi connectivity index (χ1) is 7.09. The highest BCUT2D eigenvalue weighted by Crippen LogP contribution is 2.10. The van der Waals surface area contributed by atoms with Crippen LogP contribution in [0.1, 0.15) is 0 Å². The summed E-state index contributed by atoms with van der Waals surface area (Å²) in [5.74, 6) is 5.46. The number of aliphatic hydroxyl groups is 1. The zero-order valence-electron chi connectivity index (χ0n) is 9.30. The van der Waals surface area contributed by atoms with Gasteiger partial charge in [-0.3, -0.25) is 5.84 Å². The highest BCUT2D eigenvalue weighted by atomic mass is 16.3. The largest absolute Gasteiger partial charge is 0.390 e. The van der Waals surface area contributed by atoms with Crippen LogP contribution in [0, 0.1) is 0 Å². The molecule has 4 nitrogen and oxygen atoms in total. The molecule has 0 saturated carbocycles. The van der Waals surface area contributed by atoms with E-state index in [1.54, 1.807) is 7.05 Å². The van der Waals surface area contributed by atoms with E-state index in [4.69, 9.17) is 5.84 Å². The van der Waals surface area contributed by atoms with Gasteiger partial charge in [-0.1, -0.05) is 18.2 Å². The lowest BCUT2D eigenvalue weighted by Crippen LogP contribution is -2.40. The van der Waals surface area contributed by atoms with Crippen LogP contribution >= 0.6 is 0 Å². The second-order valence-electron chi connectivity index (χ2n) is 3.81. The molecule has 4 heteroatoms. The molecular formula is C11H19N3O. The van der Waals surface area contributed by atoms with Crippen molar-refractivity contribution in [1.29, 1.82) is 0 Å². The van der Waals surface area contributed by atoms with Gasteiger partial charge in [0.15, 0.2) is 0 Å². The molecule has 3 N–H and O–H groups in total. The minimum atomic E-state index is -0.440. The Balaban J connectivity index is 2.45. The lowest BCUT2D eigenvalue weighted by molar-refractivity contribution is 0.132. The van der Waals surface area contributed by atoms with Crippen molar-refractivity contribution in [2.24, 2.45) is 5.84 Å². The Kier molecular flexibility index (Phi) is 4.55. The number of hydrogen-bond donors (Lipinski definition) is 2. The standard InChI is InChI=1S/C11H19N3O/c1-13(8-11(15)9-14(2)12)10-6-4-3-5-7-10/h3-7,11,15H,8-9,12H2,1-2H3. The molecule has 1 atom stereocenters. The number of rotatable bonds is 5. The maximum Gasteiger partial charge on any atom is 0.0855 e. The first-order valence-corrected chi connectivity index (χ1v) is 4.99. The smallest absolute Gasteiger partial charge is 0.0855 e. The number of benzene rings is 1. The fourth-order valence-corrected chi connectivity index (χ4v) is 1.49. The Bertz CT molecular complexity index is 276. The third-order valence-corrected chi connectivity index (χ3v) is 2.18. The Morgan fingerprint density at radius 2 is 1.80 bits per heavy atom. The van der Waals surface area contributed by atoms with Crippen LogP contribution in [0.5, 0.6) is 0 Å². The molecule has 84 valence electrons. The number of hydrogen-bond acceptors (Lipinski definition) is 4. The highest BCUT2D eigenvalue weighted by Gasteiger charge is 2.09. The Morgan fingerprint density at radius 1 is 1.20 bits per heavy atom. The van der Waals surface area contributed by atoms with E-state index in [0.29, 0.717) is 13.1 Å². The van der Waals surface area contributed by atoms with E-state index in [1.165, 1.54) is 5.01 Å². The summed E-state index contributed by atoms with van der Waals surface area (Å²) in [5, 5.41) is 11.2. The van der Waals surface area contributed by atoms with Gasteiger partial charge in [-0.25, -0.2) is 5.01 Å². The van der Waals surface area contributed by atoms with Crippen LogP contribution < -0.4 is 10.7 Å². The summed E-state index contributed by atoms with van der Waals surface area (Å²) < 4.78 is 0. The van der Waals surface area contributed by atoms with E-state index in [-0.39, 0.29) is 0 Å². The number of aliphatic hydroxyl groups excluding tert-OH is 1. The first kappa shape index (κ1) is 12.0. The van der Waals surface area contributed by atoms with Crippen LogP contribution in [0.3, 0.4) is 0 Å². The van der Waals surface area contributed by atoms with Gasteiger partial charge in [-0.05, 0) is 12.1 Å². The molecule has 1 rings (SSSR count). The Hall–Kier alpha value is -1.10. The molecule has 0 saturated heterocycles. The molecule has 0 heterocycles. The van der Waals surface area contributed by atoms with E-state index >= 15 is 0 Å². The lowest BCUT2D eigenvalue weighted by Gasteiger charge is -2.24. The molecule has 1 aromatic carbocycles. The minimum Gasteiger partial charge on any atom is -0.390 e. The molecule has 0 spiro atoms. The van der Waals surface area contributed by atoms with E-state index in [0.717, 1.165) is 5.69 Å². The van der Waals surface area contributed by atoms with Crippen molar-refractivity contribution in [3.05, 3.63) is 30.3 Å². The molecule has 0 aliphatic rings. The Labute approximate surface area is 90.9 Å². The van der Waals surface area contributed by atoms with Crippen molar-refractivity contribution in [3.8, 4) is 0 Å². The summed E-state index contributed by atoms with van der Waals surface area (Å²) in [6.45, 7) is 1.04. The van der Waals surface area contributed by atoms with E-state index in [9.17, 15) is 5.11 Å². The lowest BCUT2D eigenvalue weighted by atomic mass is 10.2. The predicted molar refractivity (Wildman–Crippen MR) is 62.5 cm³/mol. The van der Waals surface area contributed by atoms with Gasteiger partial charge in [0.2, 0.25) is 0 Å². The maximum atomic E-state index is 9.69. The second kappa shape index (κ2) is 5.70. The van der Waals surface area contributed by atoms with E-state index in [1.807, 2.05) is 42.3 Å². The summed E-state index contributed by atoms with van der Waals surface area (Å²) in [4.78, 5) is 2.01. The normalized spacial score (nSPS) is 12.9. The summed E-state index contributed by atoms with van der Waals surface area (Å²) >= 11 is 0. The maximum absolute atomic E-state index is 9.69. The fraction of sp³-hybridized carbons (Fsp3) is 0.455. The highest BCUT2D eigenvalue weighted by molar-refractivity contribution is 5.45. The second-order valence-corrected chi connectivity index (χ2v) is 3.81. The fourth-order valence-electron chi connectivity index (χ4n) is 1.49. The van der Waals surface area contributed by atoms with Crippen molar-refractivity contribution in [2.45, 2.75) is 6.10 Å². The number of nitrogens with zero attached hydrogens (tertiary/aromatic N) is 2. The van der Waals surface area contributed by atoms with Crippen molar-refractivity contribution in [1.82, 2.24) is 5.01 Å². The van der Waals surface area contributed by atoms with Gasteiger partial charge in [-0.2, -0.15) is 0 Å². The zero-order chi connectivity index (χ0) is 11.3. The van der Waals surface area contributed by atoms with Gasteiger partial charge in [0.1, 0.15) is 0 Å².